The van der Waals surface area contributed by atoms with Gasteiger partial charge in [0.1, 0.15) is 11.6 Å². The van der Waals surface area contributed by atoms with E-state index in [0.717, 1.165) is 5.69 Å². The maximum absolute atomic E-state index is 14.1. The molecule has 0 bridgehead atoms. The smallest absolute Gasteiger partial charge is 0.132 e. The second-order valence-electron chi connectivity index (χ2n) is 5.00. The molecule has 0 aromatic heterocycles. The van der Waals surface area contributed by atoms with Crippen LogP contribution in [0.5, 0.6) is 5.75 Å². The topological polar surface area (TPSA) is 21.3 Å². The van der Waals surface area contributed by atoms with Gasteiger partial charge in [0.2, 0.25) is 0 Å². The summed E-state index contributed by atoms with van der Waals surface area (Å²) in [5.41, 5.74) is 4.07. The van der Waals surface area contributed by atoms with Gasteiger partial charge < -0.3 is 10.1 Å². The molecule has 2 aromatic rings. The Morgan fingerprint density at radius 2 is 1.90 bits per heavy atom. The molecule has 0 aliphatic heterocycles. The van der Waals surface area contributed by atoms with Gasteiger partial charge in [0.15, 0.2) is 0 Å². The van der Waals surface area contributed by atoms with E-state index < -0.39 is 0 Å². The summed E-state index contributed by atoms with van der Waals surface area (Å²) < 4.78 is 19.1. The number of halogens is 1. The molecule has 2 nitrogen and oxygen atoms in total. The average Bonchev–Trinajstić information content (AvgIpc) is 2.43. The minimum absolute atomic E-state index is 0.110. The Morgan fingerprint density at radius 3 is 2.55 bits per heavy atom. The third-order valence-electron chi connectivity index (χ3n) is 3.65. The number of aryl methyl sites for hydroxylation is 1. The van der Waals surface area contributed by atoms with Gasteiger partial charge in [-0.2, -0.15) is 0 Å². The molecule has 1 N–H and O–H groups in total. The monoisotopic (exact) mass is 273 g/mol. The summed E-state index contributed by atoms with van der Waals surface area (Å²) in [4.78, 5) is 0. The van der Waals surface area contributed by atoms with Gasteiger partial charge in [-0.3, -0.25) is 0 Å². The van der Waals surface area contributed by atoms with E-state index in [9.17, 15) is 4.39 Å². The molecule has 0 saturated heterocycles. The molecule has 3 heteroatoms. The zero-order valence-corrected chi connectivity index (χ0v) is 12.3. The minimum Gasteiger partial charge on any atom is -0.497 e. The largest absolute Gasteiger partial charge is 0.497 e. The fourth-order valence-corrected chi connectivity index (χ4v) is 2.20. The Labute approximate surface area is 119 Å². The lowest BCUT2D eigenvalue weighted by Crippen LogP contribution is -2.10. The van der Waals surface area contributed by atoms with Crippen molar-refractivity contribution in [2.24, 2.45) is 0 Å². The second-order valence-corrected chi connectivity index (χ2v) is 5.00. The summed E-state index contributed by atoms with van der Waals surface area (Å²) in [6.07, 6.45) is 0. The van der Waals surface area contributed by atoms with Crippen molar-refractivity contribution in [1.82, 2.24) is 0 Å². The van der Waals surface area contributed by atoms with Crippen LogP contribution in [0.25, 0.3) is 0 Å². The zero-order chi connectivity index (χ0) is 14.7. The summed E-state index contributed by atoms with van der Waals surface area (Å²) in [6, 6.07) is 10.9. The van der Waals surface area contributed by atoms with Gasteiger partial charge in [-0.15, -0.1) is 0 Å². The Balaban J connectivity index is 2.24. The molecule has 0 fully saturated rings. The van der Waals surface area contributed by atoms with E-state index in [1.165, 1.54) is 24.3 Å². The molecule has 0 saturated carbocycles. The molecule has 20 heavy (non-hydrogen) atoms. The van der Waals surface area contributed by atoms with Gasteiger partial charge in [-0.25, -0.2) is 4.39 Å². The number of hydrogen-bond donors (Lipinski definition) is 1. The van der Waals surface area contributed by atoms with Crippen LogP contribution in [0.2, 0.25) is 0 Å². The van der Waals surface area contributed by atoms with Crippen molar-refractivity contribution in [3.05, 3.63) is 58.9 Å². The van der Waals surface area contributed by atoms with Gasteiger partial charge >= 0.3 is 0 Å². The van der Waals surface area contributed by atoms with Gasteiger partial charge in [0.25, 0.3) is 0 Å². The molecular formula is C17H20FNO. The normalized spacial score (nSPS) is 12.1. The summed E-state index contributed by atoms with van der Waals surface area (Å²) in [5.74, 6) is 0.278. The molecule has 0 radical (unpaired) electrons. The highest BCUT2D eigenvalue weighted by molar-refractivity contribution is 5.55. The average molecular weight is 273 g/mol. The number of ether oxygens (including phenoxy) is 1. The van der Waals surface area contributed by atoms with Gasteiger partial charge in [0.05, 0.1) is 13.2 Å². The van der Waals surface area contributed by atoms with Crippen LogP contribution in [0.1, 0.15) is 29.7 Å². The number of benzene rings is 2. The van der Waals surface area contributed by atoms with Crippen LogP contribution in [0.3, 0.4) is 0 Å². The minimum atomic E-state index is -0.255. The van der Waals surface area contributed by atoms with E-state index in [1.807, 2.05) is 19.1 Å². The van der Waals surface area contributed by atoms with Gasteiger partial charge in [0, 0.05) is 17.3 Å². The molecule has 2 rings (SSSR count). The predicted molar refractivity (Wildman–Crippen MR) is 80.9 cm³/mol. The highest BCUT2D eigenvalue weighted by atomic mass is 19.1. The van der Waals surface area contributed by atoms with Crippen molar-refractivity contribution in [2.75, 3.05) is 12.4 Å². The quantitative estimate of drug-likeness (QED) is 0.877. The molecule has 0 spiro atoms. The molecule has 0 heterocycles. The first-order valence-electron chi connectivity index (χ1n) is 6.69. The second kappa shape index (κ2) is 5.95. The highest BCUT2D eigenvalue weighted by Crippen LogP contribution is 2.27. The molecule has 1 atom stereocenters. The van der Waals surface area contributed by atoms with E-state index in [1.54, 1.807) is 12.1 Å². The van der Waals surface area contributed by atoms with Crippen LogP contribution in [0.15, 0.2) is 36.4 Å². The first kappa shape index (κ1) is 14.4. The summed E-state index contributed by atoms with van der Waals surface area (Å²) in [6.45, 7) is 6.08. The van der Waals surface area contributed by atoms with Crippen LogP contribution in [0, 0.1) is 19.7 Å². The fraction of sp³-hybridized carbons (Fsp3) is 0.294. The lowest BCUT2D eigenvalue weighted by Gasteiger charge is -2.19. The van der Waals surface area contributed by atoms with E-state index >= 15 is 0 Å². The molecule has 0 amide bonds. The maximum atomic E-state index is 14.1. The van der Waals surface area contributed by atoms with Crippen LogP contribution >= 0.6 is 0 Å². The molecule has 106 valence electrons. The number of anilines is 1. The summed E-state index contributed by atoms with van der Waals surface area (Å²) in [5, 5.41) is 3.36. The van der Waals surface area contributed by atoms with Crippen molar-refractivity contribution in [1.29, 1.82) is 0 Å². The Morgan fingerprint density at radius 1 is 1.15 bits per heavy atom. The fourth-order valence-electron chi connectivity index (χ4n) is 2.20. The Hall–Kier alpha value is -2.03. The van der Waals surface area contributed by atoms with Crippen molar-refractivity contribution >= 4 is 5.69 Å². The third kappa shape index (κ3) is 2.93. The maximum Gasteiger partial charge on any atom is 0.132 e. The number of nitrogens with one attached hydrogen (secondary N) is 1. The van der Waals surface area contributed by atoms with Crippen molar-refractivity contribution < 1.29 is 9.13 Å². The zero-order valence-electron chi connectivity index (χ0n) is 12.3. The van der Waals surface area contributed by atoms with Gasteiger partial charge in [-0.1, -0.05) is 18.2 Å². The van der Waals surface area contributed by atoms with Crippen LogP contribution in [-0.2, 0) is 0 Å². The van der Waals surface area contributed by atoms with Crippen LogP contribution in [-0.4, -0.2) is 7.11 Å². The van der Waals surface area contributed by atoms with E-state index in [-0.39, 0.29) is 11.9 Å². The van der Waals surface area contributed by atoms with Crippen molar-refractivity contribution in [3.8, 4) is 5.75 Å². The number of rotatable bonds is 4. The van der Waals surface area contributed by atoms with E-state index in [2.05, 4.69) is 25.2 Å². The lowest BCUT2D eigenvalue weighted by molar-refractivity contribution is 0.410. The van der Waals surface area contributed by atoms with Crippen molar-refractivity contribution in [2.45, 2.75) is 26.8 Å². The van der Waals surface area contributed by atoms with Crippen molar-refractivity contribution in [3.63, 3.8) is 0 Å². The Kier molecular flexibility index (Phi) is 4.28. The molecular weight excluding hydrogens is 253 g/mol. The van der Waals surface area contributed by atoms with Gasteiger partial charge in [-0.05, 0) is 44.0 Å². The predicted octanol–water partition coefficient (Wildman–Crippen LogP) is 4.62. The third-order valence-corrected chi connectivity index (χ3v) is 3.65. The summed E-state index contributed by atoms with van der Waals surface area (Å²) >= 11 is 0. The van der Waals surface area contributed by atoms with Crippen LogP contribution in [0.4, 0.5) is 10.1 Å². The first-order valence-corrected chi connectivity index (χ1v) is 6.69. The molecule has 1 unspecified atom stereocenters. The number of methoxy groups -OCH3 is 1. The van der Waals surface area contributed by atoms with Crippen LogP contribution < -0.4 is 10.1 Å². The molecule has 0 aliphatic carbocycles. The van der Waals surface area contributed by atoms with E-state index in [4.69, 9.17) is 4.74 Å². The SMILES string of the molecule is COc1ccc(C(C)Nc2cccc(C)c2C)c(F)c1. The molecule has 0 aliphatic rings. The Bertz CT molecular complexity index is 610. The van der Waals surface area contributed by atoms with E-state index in [0.29, 0.717) is 11.3 Å². The molecule has 2 aromatic carbocycles. The summed E-state index contributed by atoms with van der Waals surface area (Å²) in [7, 11) is 1.53. The lowest BCUT2D eigenvalue weighted by atomic mass is 10.0. The standard InChI is InChI=1S/C17H20FNO/c1-11-6-5-7-17(12(11)2)19-13(3)15-9-8-14(20-4)10-16(15)18/h5-10,13,19H,1-4H3. The highest BCUT2D eigenvalue weighted by Gasteiger charge is 2.13. The number of hydrogen-bond acceptors (Lipinski definition) is 2. The first-order chi connectivity index (χ1) is 9.52.